The van der Waals surface area contributed by atoms with Crippen molar-refractivity contribution >= 4 is 27.5 Å². The molecule has 1 amide bonds. The molecule has 0 saturated carbocycles. The monoisotopic (exact) mass is 350 g/mol. The molecule has 4 heteroatoms. The third-order valence-corrected chi connectivity index (χ3v) is 5.47. The van der Waals surface area contributed by atoms with Crippen LogP contribution in [0.25, 0.3) is 10.2 Å². The normalized spacial score (nSPS) is 11.9. The van der Waals surface area contributed by atoms with Gasteiger partial charge < -0.3 is 4.57 Å². The van der Waals surface area contributed by atoms with E-state index in [4.69, 9.17) is 0 Å². The minimum atomic E-state index is -0.195. The highest BCUT2D eigenvalue weighted by atomic mass is 32.1. The zero-order chi connectivity index (χ0) is 18.1. The molecule has 25 heavy (non-hydrogen) atoms. The molecule has 1 aromatic heterocycles. The van der Waals surface area contributed by atoms with Crippen molar-refractivity contribution < 1.29 is 4.79 Å². The summed E-state index contributed by atoms with van der Waals surface area (Å²) in [6.07, 6.45) is 1.84. The largest absolute Gasteiger partial charge is 0.312 e. The van der Waals surface area contributed by atoms with Crippen LogP contribution in [0, 0.1) is 27.7 Å². The first-order chi connectivity index (χ1) is 11.9. The van der Waals surface area contributed by atoms with E-state index in [-0.39, 0.29) is 5.91 Å². The number of hydrogen-bond donors (Lipinski definition) is 0. The van der Waals surface area contributed by atoms with E-state index >= 15 is 0 Å². The van der Waals surface area contributed by atoms with Crippen LogP contribution in [0.4, 0.5) is 0 Å². The number of benzene rings is 2. The van der Waals surface area contributed by atoms with Gasteiger partial charge in [-0.2, -0.15) is 4.99 Å². The Bertz CT molecular complexity index is 1050. The second-order valence-electron chi connectivity index (χ2n) is 6.42. The Balaban J connectivity index is 2.21. The van der Waals surface area contributed by atoms with Gasteiger partial charge in [-0.25, -0.2) is 0 Å². The Hall–Kier alpha value is -2.46. The van der Waals surface area contributed by atoms with Gasteiger partial charge >= 0.3 is 0 Å². The second kappa shape index (κ2) is 6.81. The average molecular weight is 350 g/mol. The molecule has 2 aromatic carbocycles. The Labute approximate surface area is 152 Å². The van der Waals surface area contributed by atoms with Gasteiger partial charge in [0.25, 0.3) is 5.91 Å². The summed E-state index contributed by atoms with van der Waals surface area (Å²) >= 11 is 1.55. The van der Waals surface area contributed by atoms with Crippen molar-refractivity contribution in [2.75, 3.05) is 0 Å². The molecule has 1 heterocycles. The maximum absolute atomic E-state index is 12.8. The second-order valence-corrected chi connectivity index (χ2v) is 7.43. The molecule has 0 spiro atoms. The van der Waals surface area contributed by atoms with E-state index in [9.17, 15) is 4.79 Å². The summed E-state index contributed by atoms with van der Waals surface area (Å²) in [5, 5.41) is 0. The number of hydrogen-bond acceptors (Lipinski definition) is 2. The molecule has 0 aliphatic heterocycles. The molecule has 3 nitrogen and oxygen atoms in total. The lowest BCUT2D eigenvalue weighted by atomic mass is 10.1. The SMILES string of the molecule is C=CCn1c(=NC(=O)c2cc(C)ccc2C)sc2cc(C)c(C)cc21. The highest BCUT2D eigenvalue weighted by Crippen LogP contribution is 2.22. The number of amides is 1. The zero-order valence-electron chi connectivity index (χ0n) is 15.1. The number of carbonyl (C=O) groups is 1. The van der Waals surface area contributed by atoms with Crippen LogP contribution >= 0.6 is 11.3 Å². The van der Waals surface area contributed by atoms with Gasteiger partial charge in [-0.15, -0.1) is 6.58 Å². The smallest absolute Gasteiger partial charge is 0.279 e. The maximum Gasteiger partial charge on any atom is 0.279 e. The van der Waals surface area contributed by atoms with Gasteiger partial charge in [0.1, 0.15) is 0 Å². The Kier molecular flexibility index (Phi) is 4.73. The number of nitrogens with zero attached hydrogens (tertiary/aromatic N) is 2. The number of fused-ring (bicyclic) bond motifs is 1. The number of carbonyl (C=O) groups excluding carboxylic acids is 1. The molecule has 0 saturated heterocycles. The van der Waals surface area contributed by atoms with E-state index in [0.29, 0.717) is 16.9 Å². The Morgan fingerprint density at radius 1 is 1.12 bits per heavy atom. The number of aromatic nitrogens is 1. The summed E-state index contributed by atoms with van der Waals surface area (Å²) < 4.78 is 3.19. The van der Waals surface area contributed by atoms with E-state index in [0.717, 1.165) is 21.3 Å². The summed E-state index contributed by atoms with van der Waals surface area (Å²) in [6, 6.07) is 10.2. The number of aryl methyl sites for hydroxylation is 4. The fraction of sp³-hybridized carbons (Fsp3) is 0.238. The highest BCUT2D eigenvalue weighted by molar-refractivity contribution is 7.16. The molecule has 3 rings (SSSR count). The van der Waals surface area contributed by atoms with Crippen LogP contribution in [0.15, 0.2) is 48.0 Å². The number of allylic oxidation sites excluding steroid dienone is 1. The quantitative estimate of drug-likeness (QED) is 0.621. The van der Waals surface area contributed by atoms with Crippen LogP contribution in [0.1, 0.15) is 32.6 Å². The lowest BCUT2D eigenvalue weighted by molar-refractivity contribution is 0.0997. The predicted molar refractivity (Wildman–Crippen MR) is 105 cm³/mol. The summed E-state index contributed by atoms with van der Waals surface area (Å²) in [5.41, 5.74) is 6.24. The number of thiazole rings is 1. The number of rotatable bonds is 3. The third-order valence-electron chi connectivity index (χ3n) is 4.43. The van der Waals surface area contributed by atoms with Crippen molar-refractivity contribution in [2.24, 2.45) is 4.99 Å². The van der Waals surface area contributed by atoms with Crippen molar-refractivity contribution in [2.45, 2.75) is 34.2 Å². The van der Waals surface area contributed by atoms with E-state index in [1.165, 1.54) is 11.1 Å². The molecule has 3 aromatic rings. The van der Waals surface area contributed by atoms with Crippen LogP contribution in [0.3, 0.4) is 0 Å². The summed E-state index contributed by atoms with van der Waals surface area (Å²) in [4.78, 5) is 17.9. The van der Waals surface area contributed by atoms with Crippen molar-refractivity contribution in [1.82, 2.24) is 4.57 Å². The first-order valence-electron chi connectivity index (χ1n) is 8.28. The van der Waals surface area contributed by atoms with Crippen LogP contribution in [-0.2, 0) is 6.54 Å². The molecule has 0 radical (unpaired) electrons. The van der Waals surface area contributed by atoms with Crippen molar-refractivity contribution in [3.63, 3.8) is 0 Å². The van der Waals surface area contributed by atoms with Gasteiger partial charge in [0.05, 0.1) is 10.2 Å². The first-order valence-corrected chi connectivity index (χ1v) is 9.10. The maximum atomic E-state index is 12.8. The Morgan fingerprint density at radius 3 is 2.56 bits per heavy atom. The van der Waals surface area contributed by atoms with E-state index in [1.54, 1.807) is 11.3 Å². The molecule has 0 unspecified atom stereocenters. The molecule has 128 valence electrons. The van der Waals surface area contributed by atoms with Gasteiger partial charge in [-0.05, 0) is 62.6 Å². The molecule has 0 fully saturated rings. The average Bonchev–Trinajstić information content (AvgIpc) is 2.87. The summed E-state index contributed by atoms with van der Waals surface area (Å²) in [7, 11) is 0. The molecular weight excluding hydrogens is 328 g/mol. The van der Waals surface area contributed by atoms with Gasteiger partial charge in [0.2, 0.25) is 0 Å². The van der Waals surface area contributed by atoms with E-state index in [2.05, 4.69) is 42.1 Å². The van der Waals surface area contributed by atoms with Gasteiger partial charge in [0.15, 0.2) is 4.80 Å². The summed E-state index contributed by atoms with van der Waals surface area (Å²) in [6.45, 7) is 12.6. The molecule has 0 atom stereocenters. The predicted octanol–water partition coefficient (Wildman–Crippen LogP) is 4.86. The fourth-order valence-corrected chi connectivity index (χ4v) is 3.94. The van der Waals surface area contributed by atoms with Gasteiger partial charge in [-0.1, -0.05) is 35.1 Å². The molecule has 0 aliphatic carbocycles. The Morgan fingerprint density at radius 2 is 1.84 bits per heavy atom. The molecule has 0 bridgehead atoms. The van der Waals surface area contributed by atoms with Crippen molar-refractivity contribution in [3.05, 3.63) is 75.6 Å². The van der Waals surface area contributed by atoms with Crippen molar-refractivity contribution in [1.29, 1.82) is 0 Å². The van der Waals surface area contributed by atoms with Crippen LogP contribution in [-0.4, -0.2) is 10.5 Å². The van der Waals surface area contributed by atoms with Crippen LogP contribution < -0.4 is 4.80 Å². The van der Waals surface area contributed by atoms with E-state index < -0.39 is 0 Å². The zero-order valence-corrected chi connectivity index (χ0v) is 15.9. The van der Waals surface area contributed by atoms with Crippen molar-refractivity contribution in [3.8, 4) is 0 Å². The topological polar surface area (TPSA) is 34.4 Å². The lowest BCUT2D eigenvalue weighted by Crippen LogP contribution is -2.16. The van der Waals surface area contributed by atoms with E-state index in [1.807, 2.05) is 38.1 Å². The lowest BCUT2D eigenvalue weighted by Gasteiger charge is -2.05. The molecular formula is C21H22N2OS. The highest BCUT2D eigenvalue weighted by Gasteiger charge is 2.11. The standard InChI is InChI=1S/C21H22N2OS/c1-6-9-23-18-11-15(4)16(5)12-19(18)25-21(23)22-20(24)17-10-13(2)7-8-14(17)3/h6-8,10-12H,1,9H2,2-5H3. The first kappa shape index (κ1) is 17.4. The van der Waals surface area contributed by atoms with Gasteiger partial charge in [0, 0.05) is 12.1 Å². The fourth-order valence-electron chi connectivity index (χ4n) is 2.83. The molecule has 0 N–H and O–H groups in total. The summed E-state index contributed by atoms with van der Waals surface area (Å²) in [5.74, 6) is -0.195. The van der Waals surface area contributed by atoms with Gasteiger partial charge in [-0.3, -0.25) is 4.79 Å². The van der Waals surface area contributed by atoms with Crippen LogP contribution in [0.5, 0.6) is 0 Å². The minimum absolute atomic E-state index is 0.195. The molecule has 0 aliphatic rings. The minimum Gasteiger partial charge on any atom is -0.312 e. The van der Waals surface area contributed by atoms with Crippen LogP contribution in [0.2, 0.25) is 0 Å². The third kappa shape index (κ3) is 3.35.